The van der Waals surface area contributed by atoms with E-state index in [-0.39, 0.29) is 18.2 Å². The fourth-order valence-corrected chi connectivity index (χ4v) is 2.05. The lowest BCUT2D eigenvalue weighted by atomic mass is 10.1. The van der Waals surface area contributed by atoms with Gasteiger partial charge in [0, 0.05) is 17.8 Å². The quantitative estimate of drug-likeness (QED) is 0.863. The molecule has 1 atom stereocenters. The molecule has 0 aliphatic rings. The highest BCUT2D eigenvalue weighted by Gasteiger charge is 2.20. The number of amides is 1. The van der Waals surface area contributed by atoms with Gasteiger partial charge in [0.05, 0.1) is 5.01 Å². The molecule has 1 amide bonds. The normalized spacial score (nSPS) is 12.9. The lowest BCUT2D eigenvalue weighted by Gasteiger charge is -2.21. The second-order valence-electron chi connectivity index (χ2n) is 5.43. The van der Waals surface area contributed by atoms with E-state index < -0.39 is 11.7 Å². The zero-order valence-electron chi connectivity index (χ0n) is 11.9. The number of ether oxygens (including phenoxy) is 1. The molecule has 0 fully saturated rings. The van der Waals surface area contributed by atoms with Gasteiger partial charge < -0.3 is 10.1 Å². The molecule has 0 spiro atoms. The number of hydrogen-bond donors (Lipinski definition) is 1. The van der Waals surface area contributed by atoms with Gasteiger partial charge in [0.1, 0.15) is 11.3 Å². The highest BCUT2D eigenvalue weighted by Crippen LogP contribution is 2.11. The molecule has 19 heavy (non-hydrogen) atoms. The van der Waals surface area contributed by atoms with Crippen molar-refractivity contribution in [2.45, 2.75) is 52.7 Å². The number of Topliss-reactive ketones (excluding diaryl/α,β-unsaturated/α-hetero) is 1. The van der Waals surface area contributed by atoms with Gasteiger partial charge in [-0.25, -0.2) is 9.78 Å². The van der Waals surface area contributed by atoms with Gasteiger partial charge in [0.2, 0.25) is 0 Å². The smallest absolute Gasteiger partial charge is 0.407 e. The predicted octanol–water partition coefficient (Wildman–Crippen LogP) is 2.94. The number of aryl methyl sites for hydroxylation is 1. The maximum Gasteiger partial charge on any atom is 0.407 e. The Labute approximate surface area is 117 Å². The molecular weight excluding hydrogens is 264 g/mol. The van der Waals surface area contributed by atoms with E-state index in [4.69, 9.17) is 4.74 Å². The molecule has 0 bridgehead atoms. The van der Waals surface area contributed by atoms with E-state index in [0.29, 0.717) is 5.69 Å². The van der Waals surface area contributed by atoms with Crippen molar-refractivity contribution < 1.29 is 14.3 Å². The molecule has 6 heteroatoms. The van der Waals surface area contributed by atoms with Crippen LogP contribution in [0, 0.1) is 6.92 Å². The van der Waals surface area contributed by atoms with E-state index in [0.717, 1.165) is 5.01 Å². The number of nitrogens with one attached hydrogen (secondary N) is 1. The summed E-state index contributed by atoms with van der Waals surface area (Å²) in [6, 6.07) is -0.288. The fraction of sp³-hybridized carbons (Fsp3) is 0.615. The number of carbonyl (C=O) groups is 2. The van der Waals surface area contributed by atoms with E-state index >= 15 is 0 Å². The van der Waals surface area contributed by atoms with Crippen LogP contribution in [0.5, 0.6) is 0 Å². The van der Waals surface area contributed by atoms with Crippen LogP contribution in [0.4, 0.5) is 4.79 Å². The van der Waals surface area contributed by atoms with Crippen LogP contribution in [0.25, 0.3) is 0 Å². The third-order valence-corrected chi connectivity index (χ3v) is 2.93. The van der Waals surface area contributed by atoms with Crippen molar-refractivity contribution in [2.75, 3.05) is 0 Å². The summed E-state index contributed by atoms with van der Waals surface area (Å²) in [5, 5.41) is 5.23. The van der Waals surface area contributed by atoms with Gasteiger partial charge in [-0.2, -0.15) is 0 Å². The number of rotatable bonds is 4. The highest BCUT2D eigenvalue weighted by atomic mass is 32.1. The Morgan fingerprint density at radius 3 is 2.58 bits per heavy atom. The maximum atomic E-state index is 11.9. The molecule has 1 rings (SSSR count). The van der Waals surface area contributed by atoms with Crippen LogP contribution in [0.15, 0.2) is 5.38 Å². The first-order valence-electron chi connectivity index (χ1n) is 6.12. The topological polar surface area (TPSA) is 68.3 Å². The summed E-state index contributed by atoms with van der Waals surface area (Å²) >= 11 is 1.44. The number of alkyl carbamates (subject to hydrolysis) is 1. The first-order valence-corrected chi connectivity index (χ1v) is 7.00. The van der Waals surface area contributed by atoms with Crippen molar-refractivity contribution in [3.8, 4) is 0 Å². The molecule has 5 nitrogen and oxygen atoms in total. The average Bonchev–Trinajstić information content (AvgIpc) is 2.61. The van der Waals surface area contributed by atoms with Crippen molar-refractivity contribution >= 4 is 23.2 Å². The molecule has 1 unspecified atom stereocenters. The van der Waals surface area contributed by atoms with Crippen LogP contribution in [0.1, 0.15) is 49.6 Å². The minimum atomic E-state index is -0.542. The summed E-state index contributed by atoms with van der Waals surface area (Å²) < 4.78 is 5.12. The van der Waals surface area contributed by atoms with E-state index in [1.54, 1.807) is 33.1 Å². The number of carbonyl (C=O) groups excluding carboxylic acids is 2. The molecule has 106 valence electrons. The van der Waals surface area contributed by atoms with E-state index in [1.165, 1.54) is 11.3 Å². The largest absolute Gasteiger partial charge is 0.444 e. The van der Waals surface area contributed by atoms with Gasteiger partial charge in [-0.05, 0) is 34.6 Å². The minimum Gasteiger partial charge on any atom is -0.444 e. The standard InChI is InChI=1S/C13H20N2O3S/c1-8(14-12(17)18-13(3,4)5)6-11(16)10-7-19-9(2)15-10/h7-8H,6H2,1-5H3,(H,14,17). The van der Waals surface area contributed by atoms with Gasteiger partial charge >= 0.3 is 6.09 Å². The summed E-state index contributed by atoms with van der Waals surface area (Å²) in [7, 11) is 0. The first-order chi connectivity index (χ1) is 8.67. The van der Waals surface area contributed by atoms with Crippen molar-refractivity contribution in [3.05, 3.63) is 16.1 Å². The minimum absolute atomic E-state index is 0.0760. The van der Waals surface area contributed by atoms with Gasteiger partial charge in [0.25, 0.3) is 0 Å². The molecule has 0 saturated heterocycles. The second-order valence-corrected chi connectivity index (χ2v) is 6.49. The average molecular weight is 284 g/mol. The van der Waals surface area contributed by atoms with Crippen LogP contribution < -0.4 is 5.32 Å². The maximum absolute atomic E-state index is 11.9. The third-order valence-electron chi connectivity index (χ3n) is 2.16. The van der Waals surface area contributed by atoms with E-state index in [2.05, 4.69) is 10.3 Å². The van der Waals surface area contributed by atoms with Crippen molar-refractivity contribution in [1.82, 2.24) is 10.3 Å². The Kier molecular flexibility index (Phi) is 5.05. The van der Waals surface area contributed by atoms with Gasteiger partial charge in [-0.15, -0.1) is 11.3 Å². The van der Waals surface area contributed by atoms with Crippen molar-refractivity contribution in [1.29, 1.82) is 0 Å². The first kappa shape index (κ1) is 15.6. The summed E-state index contributed by atoms with van der Waals surface area (Å²) in [5.41, 5.74) is -0.0832. The van der Waals surface area contributed by atoms with Crippen molar-refractivity contribution in [2.24, 2.45) is 0 Å². The van der Waals surface area contributed by atoms with Crippen molar-refractivity contribution in [3.63, 3.8) is 0 Å². The number of aromatic nitrogens is 1. The summed E-state index contributed by atoms with van der Waals surface area (Å²) in [4.78, 5) is 27.5. The zero-order valence-corrected chi connectivity index (χ0v) is 12.8. The van der Waals surface area contributed by atoms with Crippen LogP contribution in [0.3, 0.4) is 0 Å². The summed E-state index contributed by atoms with van der Waals surface area (Å²) in [6.07, 6.45) is -0.301. The van der Waals surface area contributed by atoms with Gasteiger partial charge in [-0.1, -0.05) is 0 Å². The molecule has 0 aliphatic heterocycles. The monoisotopic (exact) mass is 284 g/mol. The van der Waals surface area contributed by atoms with Crippen LogP contribution in [-0.2, 0) is 4.74 Å². The zero-order chi connectivity index (χ0) is 14.6. The molecule has 0 saturated carbocycles. The molecule has 0 aromatic carbocycles. The fourth-order valence-electron chi connectivity index (χ4n) is 1.43. The van der Waals surface area contributed by atoms with Crippen LogP contribution >= 0.6 is 11.3 Å². The van der Waals surface area contributed by atoms with Crippen LogP contribution in [0.2, 0.25) is 0 Å². The predicted molar refractivity (Wildman–Crippen MR) is 74.6 cm³/mol. The summed E-state index contributed by atoms with van der Waals surface area (Å²) in [6.45, 7) is 8.99. The molecule has 1 aromatic rings. The molecule has 0 aliphatic carbocycles. The second kappa shape index (κ2) is 6.14. The lowest BCUT2D eigenvalue weighted by Crippen LogP contribution is -2.38. The number of ketones is 1. The van der Waals surface area contributed by atoms with Crippen LogP contribution in [-0.4, -0.2) is 28.5 Å². The molecular formula is C13H20N2O3S. The van der Waals surface area contributed by atoms with Gasteiger partial charge in [-0.3, -0.25) is 4.79 Å². The number of nitrogens with zero attached hydrogens (tertiary/aromatic N) is 1. The highest BCUT2D eigenvalue weighted by molar-refractivity contribution is 7.09. The summed E-state index contributed by atoms with van der Waals surface area (Å²) in [5.74, 6) is -0.0760. The molecule has 1 aromatic heterocycles. The third kappa shape index (κ3) is 5.83. The van der Waals surface area contributed by atoms with Gasteiger partial charge in [0.15, 0.2) is 5.78 Å². The molecule has 1 heterocycles. The Hall–Kier alpha value is -1.43. The molecule has 1 N–H and O–H groups in total. The Morgan fingerprint density at radius 2 is 2.11 bits per heavy atom. The lowest BCUT2D eigenvalue weighted by molar-refractivity contribution is 0.0506. The Bertz CT molecular complexity index is 463. The molecule has 0 radical (unpaired) electrons. The number of thiazole rings is 1. The Balaban J connectivity index is 2.45. The Morgan fingerprint density at radius 1 is 1.47 bits per heavy atom. The van der Waals surface area contributed by atoms with E-state index in [1.807, 2.05) is 6.92 Å². The van der Waals surface area contributed by atoms with E-state index in [9.17, 15) is 9.59 Å². The SMILES string of the molecule is Cc1nc(C(=O)CC(C)NC(=O)OC(C)(C)C)cs1. The number of hydrogen-bond acceptors (Lipinski definition) is 5.